The Morgan fingerprint density at radius 1 is 1.00 bits per heavy atom. The molecule has 2 heterocycles. The summed E-state index contributed by atoms with van der Waals surface area (Å²) in [5.74, 6) is -0.328. The number of nitrogens with one attached hydrogen (secondary N) is 1. The maximum absolute atomic E-state index is 13.0. The Bertz CT molecular complexity index is 1060. The number of anilines is 1. The molecule has 0 bridgehead atoms. The lowest BCUT2D eigenvalue weighted by Crippen LogP contribution is -2.41. The summed E-state index contributed by atoms with van der Waals surface area (Å²) in [5.41, 5.74) is 1.82. The molecule has 0 unspecified atom stereocenters. The molecular formula is C22H25N3O5S. The quantitative estimate of drug-likeness (QED) is 0.734. The van der Waals surface area contributed by atoms with Crippen molar-refractivity contribution in [2.75, 3.05) is 37.7 Å². The van der Waals surface area contributed by atoms with Crippen LogP contribution in [0.2, 0.25) is 0 Å². The molecule has 0 radical (unpaired) electrons. The molecule has 2 aromatic rings. The van der Waals surface area contributed by atoms with Gasteiger partial charge in [-0.05, 0) is 36.2 Å². The lowest BCUT2D eigenvalue weighted by Gasteiger charge is -2.26. The molecule has 2 aliphatic rings. The molecule has 2 aromatic carbocycles. The number of rotatable bonds is 6. The highest BCUT2D eigenvalue weighted by molar-refractivity contribution is 7.89. The second kappa shape index (κ2) is 9.17. The van der Waals surface area contributed by atoms with E-state index < -0.39 is 15.9 Å². The minimum Gasteiger partial charge on any atom is -0.379 e. The van der Waals surface area contributed by atoms with E-state index in [4.69, 9.17) is 4.74 Å². The Morgan fingerprint density at radius 3 is 2.39 bits per heavy atom. The summed E-state index contributed by atoms with van der Waals surface area (Å²) >= 11 is 0. The van der Waals surface area contributed by atoms with Crippen LogP contribution in [0.3, 0.4) is 0 Å². The van der Waals surface area contributed by atoms with Crippen LogP contribution in [0.1, 0.15) is 28.8 Å². The number of benzene rings is 2. The van der Waals surface area contributed by atoms with Crippen molar-refractivity contribution in [1.29, 1.82) is 0 Å². The fraction of sp³-hybridized carbons (Fsp3) is 0.364. The molecule has 1 N–H and O–H groups in total. The van der Waals surface area contributed by atoms with E-state index >= 15 is 0 Å². The number of hydrogen-bond donors (Lipinski definition) is 1. The van der Waals surface area contributed by atoms with Crippen LogP contribution in [0.15, 0.2) is 53.4 Å². The number of sulfonamides is 1. The fourth-order valence-corrected chi connectivity index (χ4v) is 5.39. The first-order valence-electron chi connectivity index (χ1n) is 10.3. The van der Waals surface area contributed by atoms with Crippen LogP contribution in [-0.4, -0.2) is 57.4 Å². The minimum atomic E-state index is -3.79. The first-order valence-corrected chi connectivity index (χ1v) is 11.8. The molecule has 0 aromatic heterocycles. The Kier molecular flexibility index (Phi) is 6.35. The van der Waals surface area contributed by atoms with Crippen molar-refractivity contribution >= 4 is 27.5 Å². The largest absolute Gasteiger partial charge is 0.379 e. The summed E-state index contributed by atoms with van der Waals surface area (Å²) in [4.78, 5) is 26.4. The van der Waals surface area contributed by atoms with Gasteiger partial charge >= 0.3 is 0 Å². The molecule has 2 aliphatic heterocycles. The lowest BCUT2D eigenvalue weighted by atomic mass is 10.1. The average molecular weight is 444 g/mol. The second-order valence-corrected chi connectivity index (χ2v) is 9.42. The predicted molar refractivity (Wildman–Crippen MR) is 115 cm³/mol. The molecular weight excluding hydrogens is 418 g/mol. The van der Waals surface area contributed by atoms with E-state index in [9.17, 15) is 18.0 Å². The molecule has 0 spiro atoms. The van der Waals surface area contributed by atoms with Crippen LogP contribution in [0.4, 0.5) is 5.69 Å². The number of nitrogens with zero attached hydrogens (tertiary/aromatic N) is 2. The van der Waals surface area contributed by atoms with Gasteiger partial charge in [0, 0.05) is 38.3 Å². The van der Waals surface area contributed by atoms with Gasteiger partial charge in [-0.15, -0.1) is 0 Å². The predicted octanol–water partition coefficient (Wildman–Crippen LogP) is 1.76. The number of ether oxygens (including phenoxy) is 1. The normalized spacial score (nSPS) is 17.7. The van der Waals surface area contributed by atoms with Crippen LogP contribution in [0.5, 0.6) is 0 Å². The first kappa shape index (κ1) is 21.5. The van der Waals surface area contributed by atoms with Crippen LogP contribution in [0.25, 0.3) is 0 Å². The smallest absolute Gasteiger partial charge is 0.252 e. The molecule has 31 heavy (non-hydrogen) atoms. The highest BCUT2D eigenvalue weighted by Gasteiger charge is 2.30. The van der Waals surface area contributed by atoms with Gasteiger partial charge in [-0.3, -0.25) is 9.59 Å². The van der Waals surface area contributed by atoms with Gasteiger partial charge in [0.25, 0.3) is 5.91 Å². The number of amides is 2. The van der Waals surface area contributed by atoms with Crippen LogP contribution in [-0.2, 0) is 26.1 Å². The van der Waals surface area contributed by atoms with Crippen molar-refractivity contribution in [3.63, 3.8) is 0 Å². The summed E-state index contributed by atoms with van der Waals surface area (Å²) in [7, 11) is -3.79. The standard InChI is InChI=1S/C22H25N3O5S/c26-21-6-3-11-25(21)18-9-7-17(8-10-18)16-23-22(27)19-4-1-2-5-20(19)31(28,29)24-12-14-30-15-13-24/h1-2,4-5,7-10H,3,6,11-16H2,(H,23,27). The van der Waals surface area contributed by atoms with Crippen LogP contribution < -0.4 is 10.2 Å². The van der Waals surface area contributed by atoms with E-state index in [2.05, 4.69) is 5.32 Å². The topological polar surface area (TPSA) is 96.0 Å². The lowest BCUT2D eigenvalue weighted by molar-refractivity contribution is -0.117. The molecule has 2 saturated heterocycles. The molecule has 9 heteroatoms. The Morgan fingerprint density at radius 2 is 1.71 bits per heavy atom. The summed E-state index contributed by atoms with van der Waals surface area (Å²) in [6.45, 7) is 2.19. The van der Waals surface area contributed by atoms with Gasteiger partial charge in [-0.25, -0.2) is 8.42 Å². The molecule has 0 atom stereocenters. The molecule has 0 aliphatic carbocycles. The SMILES string of the molecule is O=C(NCc1ccc(N2CCCC2=O)cc1)c1ccccc1S(=O)(=O)N1CCOCC1. The van der Waals surface area contributed by atoms with Gasteiger partial charge in [0.05, 0.1) is 23.7 Å². The summed E-state index contributed by atoms with van der Waals surface area (Å²) < 4.78 is 32.7. The van der Waals surface area contributed by atoms with Crippen molar-refractivity contribution in [2.24, 2.45) is 0 Å². The van der Waals surface area contributed by atoms with Gasteiger partial charge in [0.2, 0.25) is 15.9 Å². The van der Waals surface area contributed by atoms with Crippen molar-refractivity contribution in [3.05, 3.63) is 59.7 Å². The van der Waals surface area contributed by atoms with Gasteiger partial charge in [0.15, 0.2) is 0 Å². The zero-order valence-electron chi connectivity index (χ0n) is 17.1. The minimum absolute atomic E-state index is 0.00251. The average Bonchev–Trinajstić information content (AvgIpc) is 3.24. The van der Waals surface area contributed by atoms with E-state index in [0.29, 0.717) is 19.6 Å². The van der Waals surface area contributed by atoms with E-state index in [1.807, 2.05) is 24.3 Å². The van der Waals surface area contributed by atoms with E-state index in [-0.39, 0.29) is 36.0 Å². The summed E-state index contributed by atoms with van der Waals surface area (Å²) in [6.07, 6.45) is 1.44. The van der Waals surface area contributed by atoms with Gasteiger partial charge < -0.3 is 15.0 Å². The number of hydrogen-bond acceptors (Lipinski definition) is 5. The molecule has 164 valence electrons. The number of carbonyl (C=O) groups excluding carboxylic acids is 2. The highest BCUT2D eigenvalue weighted by atomic mass is 32.2. The van der Waals surface area contributed by atoms with E-state index in [0.717, 1.165) is 24.2 Å². The van der Waals surface area contributed by atoms with Crippen molar-refractivity contribution in [2.45, 2.75) is 24.3 Å². The van der Waals surface area contributed by atoms with Crippen LogP contribution >= 0.6 is 0 Å². The Balaban J connectivity index is 1.45. The third kappa shape index (κ3) is 4.63. The molecule has 8 nitrogen and oxygen atoms in total. The van der Waals surface area contributed by atoms with Gasteiger partial charge in [-0.2, -0.15) is 4.31 Å². The van der Waals surface area contributed by atoms with Crippen LogP contribution in [0, 0.1) is 0 Å². The number of morpholine rings is 1. The molecule has 4 rings (SSSR count). The second-order valence-electron chi connectivity index (χ2n) is 7.51. The Labute approximate surface area is 181 Å². The third-order valence-electron chi connectivity index (χ3n) is 5.49. The number of carbonyl (C=O) groups is 2. The monoisotopic (exact) mass is 443 g/mol. The maximum Gasteiger partial charge on any atom is 0.252 e. The highest BCUT2D eigenvalue weighted by Crippen LogP contribution is 2.23. The third-order valence-corrected chi connectivity index (χ3v) is 7.45. The van der Waals surface area contributed by atoms with Crippen molar-refractivity contribution < 1.29 is 22.7 Å². The molecule has 2 amide bonds. The zero-order valence-corrected chi connectivity index (χ0v) is 17.9. The molecule has 2 fully saturated rings. The van der Waals surface area contributed by atoms with E-state index in [1.54, 1.807) is 17.0 Å². The zero-order chi connectivity index (χ0) is 21.8. The summed E-state index contributed by atoms with van der Waals surface area (Å²) in [6, 6.07) is 13.7. The van der Waals surface area contributed by atoms with E-state index in [1.165, 1.54) is 16.4 Å². The maximum atomic E-state index is 13.0. The van der Waals surface area contributed by atoms with Crippen molar-refractivity contribution in [1.82, 2.24) is 9.62 Å². The Hall–Kier alpha value is -2.75. The van der Waals surface area contributed by atoms with Gasteiger partial charge in [0.1, 0.15) is 0 Å². The van der Waals surface area contributed by atoms with Crippen molar-refractivity contribution in [3.8, 4) is 0 Å². The van der Waals surface area contributed by atoms with Gasteiger partial charge in [-0.1, -0.05) is 24.3 Å². The fourth-order valence-electron chi connectivity index (χ4n) is 3.80. The summed E-state index contributed by atoms with van der Waals surface area (Å²) in [5, 5.41) is 2.80. The first-order chi connectivity index (χ1) is 15.0. The molecule has 0 saturated carbocycles.